The number of carbonyl (C=O) groups excluding carboxylic acids is 1. The molecular weight excluding hydrogens is 500 g/mol. The summed E-state index contributed by atoms with van der Waals surface area (Å²) in [6, 6.07) is 27.0. The molecule has 1 atom stereocenters. The SMILES string of the molecule is O=C(Nc1ccc(-c2ccc3c(c2)=CN(N2CCN(Cc4cccnc4)CC2)CN=3)cc1)C(O)c1ccccc1. The molecule has 40 heavy (non-hydrogen) atoms. The van der Waals surface area contributed by atoms with Crippen LogP contribution in [0, 0.1) is 0 Å². The van der Waals surface area contributed by atoms with Crippen LogP contribution in [0.5, 0.6) is 0 Å². The number of nitrogens with one attached hydrogen (secondary N) is 1. The largest absolute Gasteiger partial charge is 0.378 e. The van der Waals surface area contributed by atoms with Gasteiger partial charge in [-0.15, -0.1) is 0 Å². The summed E-state index contributed by atoms with van der Waals surface area (Å²) in [5.41, 5.74) is 4.57. The van der Waals surface area contributed by atoms with E-state index in [-0.39, 0.29) is 0 Å². The van der Waals surface area contributed by atoms with E-state index >= 15 is 0 Å². The van der Waals surface area contributed by atoms with E-state index in [1.807, 2.05) is 48.8 Å². The Kier molecular flexibility index (Phi) is 7.63. The topological polar surface area (TPSA) is 84.3 Å². The number of hydrogen-bond acceptors (Lipinski definition) is 7. The number of hydrogen-bond donors (Lipinski definition) is 2. The first-order chi connectivity index (χ1) is 19.6. The molecule has 2 aliphatic rings. The Morgan fingerprint density at radius 2 is 1.68 bits per heavy atom. The standard InChI is InChI=1S/C32H32N6O2/c39-31(26-6-2-1-3-7-26)32(40)35-29-11-8-25(9-12-29)27-10-13-30-28(19-27)22-38(23-34-30)37-17-15-36(16-18-37)21-24-5-4-14-33-20-24/h1-14,19-20,22,31,39H,15-18,21,23H2,(H,35,40). The van der Waals surface area contributed by atoms with Crippen LogP contribution >= 0.6 is 0 Å². The van der Waals surface area contributed by atoms with Crippen molar-refractivity contribution in [2.24, 2.45) is 4.99 Å². The second kappa shape index (κ2) is 11.8. The Morgan fingerprint density at radius 3 is 2.42 bits per heavy atom. The number of rotatable bonds is 7. The summed E-state index contributed by atoms with van der Waals surface area (Å²) < 4.78 is 0. The molecule has 3 heterocycles. The van der Waals surface area contributed by atoms with Crippen LogP contribution in [0.1, 0.15) is 17.2 Å². The summed E-state index contributed by atoms with van der Waals surface area (Å²) >= 11 is 0. The van der Waals surface area contributed by atoms with Gasteiger partial charge in [-0.2, -0.15) is 0 Å². The van der Waals surface area contributed by atoms with E-state index in [9.17, 15) is 9.90 Å². The van der Waals surface area contributed by atoms with Gasteiger partial charge in [0.25, 0.3) is 5.91 Å². The number of aromatic nitrogens is 1. The molecule has 2 aliphatic heterocycles. The van der Waals surface area contributed by atoms with Crippen molar-refractivity contribution in [3.63, 3.8) is 0 Å². The molecule has 4 aromatic rings. The van der Waals surface area contributed by atoms with E-state index in [1.54, 1.807) is 24.3 Å². The number of hydrazine groups is 1. The fourth-order valence-corrected chi connectivity index (χ4v) is 5.15. The number of aliphatic hydroxyl groups is 1. The van der Waals surface area contributed by atoms with Crippen LogP contribution in [-0.4, -0.2) is 63.8 Å². The maximum Gasteiger partial charge on any atom is 0.257 e. The van der Waals surface area contributed by atoms with Gasteiger partial charge in [0.15, 0.2) is 6.10 Å². The number of aliphatic hydroxyl groups excluding tert-OH is 1. The van der Waals surface area contributed by atoms with Crippen LogP contribution in [-0.2, 0) is 11.3 Å². The second-order valence-electron chi connectivity index (χ2n) is 10.1. The Morgan fingerprint density at radius 1 is 0.900 bits per heavy atom. The van der Waals surface area contributed by atoms with Crippen molar-refractivity contribution < 1.29 is 9.90 Å². The van der Waals surface area contributed by atoms with Crippen molar-refractivity contribution in [1.29, 1.82) is 0 Å². The highest BCUT2D eigenvalue weighted by atomic mass is 16.3. The minimum absolute atomic E-state index is 0.457. The van der Waals surface area contributed by atoms with Gasteiger partial charge < -0.3 is 10.4 Å². The van der Waals surface area contributed by atoms with E-state index < -0.39 is 12.0 Å². The normalized spacial score (nSPS) is 16.4. The first kappa shape index (κ1) is 25.9. The van der Waals surface area contributed by atoms with Gasteiger partial charge in [-0.3, -0.25) is 24.7 Å². The Hall–Kier alpha value is -4.37. The maximum absolute atomic E-state index is 12.5. The number of nitrogens with zero attached hydrogens (tertiary/aromatic N) is 5. The molecular formula is C32H32N6O2. The van der Waals surface area contributed by atoms with Crippen LogP contribution in [0.3, 0.4) is 0 Å². The minimum Gasteiger partial charge on any atom is -0.378 e. The smallest absolute Gasteiger partial charge is 0.257 e. The lowest BCUT2D eigenvalue weighted by Gasteiger charge is -2.40. The van der Waals surface area contributed by atoms with E-state index in [4.69, 9.17) is 4.99 Å². The lowest BCUT2D eigenvalue weighted by atomic mass is 10.0. The number of piperazine rings is 1. The van der Waals surface area contributed by atoms with Crippen molar-refractivity contribution in [3.8, 4) is 11.1 Å². The van der Waals surface area contributed by atoms with Gasteiger partial charge in [0.1, 0.15) is 6.67 Å². The van der Waals surface area contributed by atoms with Gasteiger partial charge >= 0.3 is 0 Å². The maximum atomic E-state index is 12.5. The van der Waals surface area contributed by atoms with E-state index in [1.165, 1.54) is 5.56 Å². The molecule has 0 radical (unpaired) electrons. The van der Waals surface area contributed by atoms with Crippen LogP contribution in [0.15, 0.2) is 102 Å². The Bertz CT molecular complexity index is 1570. The molecule has 1 unspecified atom stereocenters. The van der Waals surface area contributed by atoms with Gasteiger partial charge in [0.05, 0.1) is 5.36 Å². The molecule has 2 N–H and O–H groups in total. The number of anilines is 1. The van der Waals surface area contributed by atoms with Crippen molar-refractivity contribution in [2.45, 2.75) is 12.6 Å². The fourth-order valence-electron chi connectivity index (χ4n) is 5.15. The zero-order valence-corrected chi connectivity index (χ0v) is 22.2. The van der Waals surface area contributed by atoms with Crippen LogP contribution in [0.25, 0.3) is 17.3 Å². The van der Waals surface area contributed by atoms with Crippen LogP contribution < -0.4 is 15.9 Å². The molecule has 0 spiro atoms. The minimum atomic E-state index is -1.21. The van der Waals surface area contributed by atoms with Crippen molar-refractivity contribution in [2.75, 3.05) is 38.2 Å². The third kappa shape index (κ3) is 5.94. The zero-order chi connectivity index (χ0) is 27.3. The number of amides is 1. The lowest BCUT2D eigenvalue weighted by molar-refractivity contribution is -0.124. The Balaban J connectivity index is 1.10. The first-order valence-corrected chi connectivity index (χ1v) is 13.6. The number of carbonyl (C=O) groups is 1. The van der Waals surface area contributed by atoms with Crippen LogP contribution in [0.2, 0.25) is 0 Å². The molecule has 0 aliphatic carbocycles. The summed E-state index contributed by atoms with van der Waals surface area (Å²) in [4.78, 5) is 24.0. The molecule has 1 saturated heterocycles. The summed E-state index contributed by atoms with van der Waals surface area (Å²) in [7, 11) is 0. The second-order valence-corrected chi connectivity index (χ2v) is 10.1. The summed E-state index contributed by atoms with van der Waals surface area (Å²) in [6.45, 7) is 5.45. The Labute approximate surface area is 233 Å². The lowest BCUT2D eigenvalue weighted by Crippen LogP contribution is -2.53. The summed E-state index contributed by atoms with van der Waals surface area (Å²) in [5.74, 6) is -0.457. The predicted octanol–water partition coefficient (Wildman–Crippen LogP) is 2.78. The molecule has 1 aromatic heterocycles. The van der Waals surface area contributed by atoms with Gasteiger partial charge in [0, 0.05) is 62.2 Å². The summed E-state index contributed by atoms with van der Waals surface area (Å²) in [5, 5.41) is 19.8. The van der Waals surface area contributed by atoms with Gasteiger partial charge in [0.2, 0.25) is 0 Å². The predicted molar refractivity (Wildman–Crippen MR) is 155 cm³/mol. The zero-order valence-electron chi connectivity index (χ0n) is 22.2. The molecule has 0 saturated carbocycles. The number of benzene rings is 3. The van der Waals surface area contributed by atoms with Gasteiger partial charge in [-0.05, 0) is 52.6 Å². The van der Waals surface area contributed by atoms with Gasteiger partial charge in [-0.1, -0.05) is 54.6 Å². The van der Waals surface area contributed by atoms with Crippen molar-refractivity contribution in [1.82, 2.24) is 19.9 Å². The highest BCUT2D eigenvalue weighted by Crippen LogP contribution is 2.21. The molecule has 3 aromatic carbocycles. The number of pyridine rings is 1. The molecule has 8 nitrogen and oxygen atoms in total. The van der Waals surface area contributed by atoms with Gasteiger partial charge in [-0.25, -0.2) is 5.01 Å². The van der Waals surface area contributed by atoms with E-state index in [0.29, 0.717) is 17.9 Å². The molecule has 1 fully saturated rings. The summed E-state index contributed by atoms with van der Waals surface area (Å²) in [6.07, 6.45) is 4.74. The highest BCUT2D eigenvalue weighted by Gasteiger charge is 2.21. The van der Waals surface area contributed by atoms with E-state index in [0.717, 1.165) is 54.4 Å². The first-order valence-electron chi connectivity index (χ1n) is 13.6. The van der Waals surface area contributed by atoms with E-state index in [2.05, 4.69) is 55.7 Å². The van der Waals surface area contributed by atoms with Crippen molar-refractivity contribution >= 4 is 17.8 Å². The number of fused-ring (bicyclic) bond motifs is 1. The third-order valence-corrected chi connectivity index (χ3v) is 7.39. The third-order valence-electron chi connectivity index (χ3n) is 7.39. The van der Waals surface area contributed by atoms with Crippen molar-refractivity contribution in [3.05, 3.63) is 119 Å². The fraction of sp³-hybridized carbons (Fsp3) is 0.219. The van der Waals surface area contributed by atoms with Crippen LogP contribution in [0.4, 0.5) is 5.69 Å². The molecule has 8 heteroatoms. The monoisotopic (exact) mass is 532 g/mol. The average Bonchev–Trinajstić information content (AvgIpc) is 3.02. The molecule has 202 valence electrons. The average molecular weight is 533 g/mol. The molecule has 6 rings (SSSR count). The quantitative estimate of drug-likeness (QED) is 0.381. The highest BCUT2D eigenvalue weighted by molar-refractivity contribution is 5.94. The molecule has 0 bridgehead atoms. The molecule has 1 amide bonds.